The maximum atomic E-state index is 12.1. The molecular weight excluding hydrogens is 208 g/mol. The van der Waals surface area contributed by atoms with Gasteiger partial charge in [0.15, 0.2) is 0 Å². The summed E-state index contributed by atoms with van der Waals surface area (Å²) in [5.41, 5.74) is 0. The van der Waals surface area contributed by atoms with Gasteiger partial charge in [-0.25, -0.2) is 0 Å². The molecule has 16 heavy (non-hydrogen) atoms. The Kier molecular flexibility index (Phi) is 3.78. The van der Waals surface area contributed by atoms with Gasteiger partial charge in [-0.2, -0.15) is 0 Å². The molecule has 2 fully saturated rings. The van der Waals surface area contributed by atoms with Gasteiger partial charge in [0.1, 0.15) is 6.10 Å². The van der Waals surface area contributed by atoms with E-state index in [1.807, 2.05) is 14.0 Å². The molecular formula is C11H20N2O3. The van der Waals surface area contributed by atoms with Crippen molar-refractivity contribution in [3.63, 3.8) is 0 Å². The van der Waals surface area contributed by atoms with E-state index in [2.05, 4.69) is 5.32 Å². The van der Waals surface area contributed by atoms with Crippen LogP contribution in [0.4, 0.5) is 0 Å². The van der Waals surface area contributed by atoms with Crippen LogP contribution in [0.2, 0.25) is 0 Å². The highest BCUT2D eigenvalue weighted by atomic mass is 16.5. The van der Waals surface area contributed by atoms with Crippen LogP contribution in [0.3, 0.4) is 0 Å². The Morgan fingerprint density at radius 3 is 2.75 bits per heavy atom. The molecule has 0 aromatic carbocycles. The van der Waals surface area contributed by atoms with Gasteiger partial charge >= 0.3 is 0 Å². The average molecular weight is 228 g/mol. The Balaban J connectivity index is 1.92. The van der Waals surface area contributed by atoms with Gasteiger partial charge in [0.05, 0.1) is 18.8 Å². The van der Waals surface area contributed by atoms with E-state index in [0.717, 1.165) is 19.6 Å². The fraction of sp³-hybridized carbons (Fsp3) is 0.909. The molecule has 0 radical (unpaired) electrons. The second-order valence-corrected chi connectivity index (χ2v) is 4.44. The predicted molar refractivity (Wildman–Crippen MR) is 59.2 cm³/mol. The van der Waals surface area contributed by atoms with Crippen molar-refractivity contribution in [1.82, 2.24) is 10.2 Å². The van der Waals surface area contributed by atoms with Crippen molar-refractivity contribution < 1.29 is 14.3 Å². The van der Waals surface area contributed by atoms with Gasteiger partial charge in [-0.1, -0.05) is 0 Å². The summed E-state index contributed by atoms with van der Waals surface area (Å²) in [4.78, 5) is 13.9. The monoisotopic (exact) mass is 228 g/mol. The van der Waals surface area contributed by atoms with E-state index in [4.69, 9.17) is 9.47 Å². The molecule has 0 aliphatic carbocycles. The van der Waals surface area contributed by atoms with Gasteiger partial charge in [0, 0.05) is 26.7 Å². The summed E-state index contributed by atoms with van der Waals surface area (Å²) in [5, 5.41) is 3.17. The maximum absolute atomic E-state index is 12.1. The molecule has 2 heterocycles. The van der Waals surface area contributed by atoms with Crippen LogP contribution in [0.1, 0.15) is 13.3 Å². The van der Waals surface area contributed by atoms with E-state index in [1.54, 1.807) is 4.90 Å². The number of nitrogens with zero attached hydrogens (tertiary/aromatic N) is 1. The summed E-state index contributed by atoms with van der Waals surface area (Å²) >= 11 is 0. The van der Waals surface area contributed by atoms with Crippen LogP contribution in [-0.2, 0) is 14.3 Å². The molecule has 1 amide bonds. The molecule has 1 N–H and O–H groups in total. The first kappa shape index (κ1) is 11.8. The Hall–Kier alpha value is -0.650. The van der Waals surface area contributed by atoms with E-state index in [1.165, 1.54) is 0 Å². The van der Waals surface area contributed by atoms with E-state index in [-0.39, 0.29) is 24.2 Å². The molecule has 2 rings (SSSR count). The first-order valence-corrected chi connectivity index (χ1v) is 5.90. The molecule has 3 atom stereocenters. The normalized spacial score (nSPS) is 35.0. The highest BCUT2D eigenvalue weighted by molar-refractivity contribution is 5.81. The minimum Gasteiger partial charge on any atom is -0.376 e. The second-order valence-electron chi connectivity index (χ2n) is 4.44. The number of hydrogen-bond acceptors (Lipinski definition) is 4. The van der Waals surface area contributed by atoms with Crippen molar-refractivity contribution in [1.29, 1.82) is 0 Å². The van der Waals surface area contributed by atoms with Crippen molar-refractivity contribution in [3.8, 4) is 0 Å². The van der Waals surface area contributed by atoms with Crippen molar-refractivity contribution in [3.05, 3.63) is 0 Å². The largest absolute Gasteiger partial charge is 0.376 e. The summed E-state index contributed by atoms with van der Waals surface area (Å²) < 4.78 is 10.9. The molecule has 0 saturated carbocycles. The van der Waals surface area contributed by atoms with Gasteiger partial charge in [-0.05, 0) is 13.3 Å². The molecule has 2 aliphatic rings. The van der Waals surface area contributed by atoms with Crippen LogP contribution in [0.25, 0.3) is 0 Å². The smallest absolute Gasteiger partial charge is 0.253 e. The second kappa shape index (κ2) is 5.12. The third-order valence-electron chi connectivity index (χ3n) is 3.38. The zero-order valence-electron chi connectivity index (χ0n) is 9.94. The zero-order valence-corrected chi connectivity index (χ0v) is 9.94. The van der Waals surface area contributed by atoms with Crippen LogP contribution in [0, 0.1) is 0 Å². The predicted octanol–water partition coefficient (Wildman–Crippen LogP) is -0.389. The molecule has 3 unspecified atom stereocenters. The lowest BCUT2D eigenvalue weighted by atomic mass is 10.1. The molecule has 0 aromatic heterocycles. The van der Waals surface area contributed by atoms with E-state index in [9.17, 15) is 4.79 Å². The highest BCUT2D eigenvalue weighted by Crippen LogP contribution is 2.19. The molecule has 0 spiro atoms. The van der Waals surface area contributed by atoms with Crippen LogP contribution >= 0.6 is 0 Å². The van der Waals surface area contributed by atoms with Gasteiger partial charge in [-0.3, -0.25) is 4.79 Å². The SMILES string of the molecule is CC1OCCC1N(C)C(=O)C1CNCCO1. The number of nitrogens with one attached hydrogen (secondary N) is 1. The molecule has 5 heteroatoms. The van der Waals surface area contributed by atoms with Crippen molar-refractivity contribution >= 4 is 5.91 Å². The van der Waals surface area contributed by atoms with Crippen molar-refractivity contribution in [2.24, 2.45) is 0 Å². The minimum atomic E-state index is -0.327. The summed E-state index contributed by atoms with van der Waals surface area (Å²) in [6.07, 6.45) is 0.723. The highest BCUT2D eigenvalue weighted by Gasteiger charge is 2.34. The fourth-order valence-electron chi connectivity index (χ4n) is 2.34. The molecule has 0 bridgehead atoms. The van der Waals surface area contributed by atoms with Crippen LogP contribution in [-0.4, -0.2) is 62.4 Å². The van der Waals surface area contributed by atoms with Gasteiger partial charge in [0.25, 0.3) is 5.91 Å². The van der Waals surface area contributed by atoms with Gasteiger partial charge in [-0.15, -0.1) is 0 Å². The summed E-state index contributed by atoms with van der Waals surface area (Å²) in [6.45, 7) is 4.82. The Labute approximate surface area is 96.1 Å². The van der Waals surface area contributed by atoms with Crippen LogP contribution in [0.15, 0.2) is 0 Å². The average Bonchev–Trinajstić information content (AvgIpc) is 2.75. The number of carbonyl (C=O) groups excluding carboxylic acids is 1. The molecule has 2 aliphatic heterocycles. The number of likely N-dealkylation sites (N-methyl/N-ethyl adjacent to an activating group) is 1. The lowest BCUT2D eigenvalue weighted by molar-refractivity contribution is -0.146. The number of amides is 1. The van der Waals surface area contributed by atoms with Gasteiger partial charge in [0.2, 0.25) is 0 Å². The number of hydrogen-bond donors (Lipinski definition) is 1. The lowest BCUT2D eigenvalue weighted by Crippen LogP contribution is -2.52. The number of ether oxygens (including phenoxy) is 2. The van der Waals surface area contributed by atoms with E-state index >= 15 is 0 Å². The zero-order chi connectivity index (χ0) is 11.5. The minimum absolute atomic E-state index is 0.0644. The Bertz CT molecular complexity index is 254. The number of morpholine rings is 1. The number of rotatable bonds is 2. The first-order chi connectivity index (χ1) is 7.70. The first-order valence-electron chi connectivity index (χ1n) is 5.90. The fourth-order valence-corrected chi connectivity index (χ4v) is 2.34. The van der Waals surface area contributed by atoms with E-state index in [0.29, 0.717) is 13.2 Å². The topological polar surface area (TPSA) is 50.8 Å². The summed E-state index contributed by atoms with van der Waals surface area (Å²) in [5.74, 6) is 0.0644. The third-order valence-corrected chi connectivity index (χ3v) is 3.38. The maximum Gasteiger partial charge on any atom is 0.253 e. The number of carbonyl (C=O) groups is 1. The third kappa shape index (κ3) is 2.36. The molecule has 92 valence electrons. The standard InChI is InChI=1S/C11H20N2O3/c1-8-9(3-5-15-8)13(2)11(14)10-7-12-4-6-16-10/h8-10,12H,3-7H2,1-2H3. The Morgan fingerprint density at radius 2 is 2.19 bits per heavy atom. The molecule has 5 nitrogen and oxygen atoms in total. The lowest BCUT2D eigenvalue weighted by Gasteiger charge is -2.32. The quantitative estimate of drug-likeness (QED) is 0.699. The van der Waals surface area contributed by atoms with Gasteiger partial charge < -0.3 is 19.7 Å². The Morgan fingerprint density at radius 1 is 1.38 bits per heavy atom. The van der Waals surface area contributed by atoms with Crippen molar-refractivity contribution in [2.45, 2.75) is 31.6 Å². The molecule has 2 saturated heterocycles. The van der Waals surface area contributed by atoms with Crippen LogP contribution in [0.5, 0.6) is 0 Å². The van der Waals surface area contributed by atoms with Crippen molar-refractivity contribution in [2.75, 3.05) is 33.4 Å². The molecule has 0 aromatic rings. The van der Waals surface area contributed by atoms with Crippen LogP contribution < -0.4 is 5.32 Å². The van der Waals surface area contributed by atoms with E-state index < -0.39 is 0 Å². The summed E-state index contributed by atoms with van der Waals surface area (Å²) in [6, 6.07) is 0.193. The summed E-state index contributed by atoms with van der Waals surface area (Å²) in [7, 11) is 1.84.